The number of carboxylic acids is 1. The Morgan fingerprint density at radius 2 is 2.10 bits per heavy atom. The highest BCUT2D eigenvalue weighted by atomic mass is 16.7. The zero-order chi connectivity index (χ0) is 14.4. The van der Waals surface area contributed by atoms with Crippen LogP contribution in [-0.4, -0.2) is 32.3 Å². The summed E-state index contributed by atoms with van der Waals surface area (Å²) >= 11 is 0. The molecule has 1 aliphatic rings. The molecule has 0 saturated heterocycles. The molecule has 0 bridgehead atoms. The van der Waals surface area contributed by atoms with Crippen molar-refractivity contribution < 1.29 is 19.4 Å². The number of hydrogen-bond acceptors (Lipinski definition) is 7. The third kappa shape index (κ3) is 1.76. The van der Waals surface area contributed by atoms with E-state index in [0.29, 0.717) is 22.8 Å². The molecule has 1 aliphatic heterocycles. The number of benzene rings is 1. The molecule has 3 aromatic rings. The van der Waals surface area contributed by atoms with E-state index in [0.717, 1.165) is 4.52 Å². The fraction of sp³-hybridized carbons (Fsp3) is 0.0769. The first kappa shape index (κ1) is 11.6. The second-order valence-electron chi connectivity index (χ2n) is 4.35. The Balaban J connectivity index is 1.92. The average molecular weight is 283 g/mol. The number of carbonyl (C=O) groups excluding carboxylic acids is 1. The molecule has 8 heteroatoms. The minimum Gasteiger partial charge on any atom is -0.543 e. The number of fused-ring (bicyclic) bond motifs is 2. The molecule has 0 unspecified atom stereocenters. The van der Waals surface area contributed by atoms with Gasteiger partial charge in [-0.25, -0.2) is 4.98 Å². The van der Waals surface area contributed by atoms with Crippen LogP contribution in [0, 0.1) is 0 Å². The summed E-state index contributed by atoms with van der Waals surface area (Å²) in [4.78, 5) is 19.4. The van der Waals surface area contributed by atoms with Gasteiger partial charge in [0, 0.05) is 5.56 Å². The second kappa shape index (κ2) is 4.17. The third-order valence-electron chi connectivity index (χ3n) is 3.13. The molecule has 2 aromatic heterocycles. The fourth-order valence-corrected chi connectivity index (χ4v) is 2.16. The summed E-state index contributed by atoms with van der Waals surface area (Å²) in [6.45, 7) is 0.166. The molecule has 0 atom stereocenters. The largest absolute Gasteiger partial charge is 0.543 e. The smallest absolute Gasteiger partial charge is 0.253 e. The quantitative estimate of drug-likeness (QED) is 0.646. The van der Waals surface area contributed by atoms with Gasteiger partial charge in [0.2, 0.25) is 6.79 Å². The Kier molecular flexibility index (Phi) is 2.31. The Hall–Kier alpha value is -3.16. The van der Waals surface area contributed by atoms with E-state index in [-0.39, 0.29) is 18.3 Å². The molecule has 0 fully saturated rings. The van der Waals surface area contributed by atoms with Crippen molar-refractivity contribution in [2.24, 2.45) is 0 Å². The van der Waals surface area contributed by atoms with Gasteiger partial charge in [0.05, 0.1) is 17.4 Å². The van der Waals surface area contributed by atoms with Crippen molar-refractivity contribution in [1.29, 1.82) is 0 Å². The summed E-state index contributed by atoms with van der Waals surface area (Å²) in [5.74, 6) is 0.0623. The maximum Gasteiger partial charge on any atom is 0.253 e. The highest BCUT2D eigenvalue weighted by Gasteiger charge is 2.16. The van der Waals surface area contributed by atoms with Gasteiger partial charge in [-0.1, -0.05) is 0 Å². The van der Waals surface area contributed by atoms with Crippen LogP contribution < -0.4 is 14.6 Å². The molecule has 104 valence electrons. The number of carbonyl (C=O) groups is 1. The van der Waals surface area contributed by atoms with Gasteiger partial charge < -0.3 is 19.4 Å². The van der Waals surface area contributed by atoms with Crippen LogP contribution in [0.25, 0.3) is 17.0 Å². The van der Waals surface area contributed by atoms with E-state index in [9.17, 15) is 9.90 Å². The predicted octanol–water partition coefficient (Wildman–Crippen LogP) is -0.117. The number of carboxylic acid groups (broad SMARTS) is 1. The van der Waals surface area contributed by atoms with Crippen molar-refractivity contribution in [3.63, 3.8) is 0 Å². The van der Waals surface area contributed by atoms with Crippen molar-refractivity contribution >= 4 is 11.7 Å². The van der Waals surface area contributed by atoms with E-state index in [1.165, 1.54) is 12.4 Å². The van der Waals surface area contributed by atoms with Crippen molar-refractivity contribution in [2.45, 2.75) is 0 Å². The Morgan fingerprint density at radius 1 is 1.24 bits per heavy atom. The number of nitrogens with zero attached hydrogens (tertiary/aromatic N) is 4. The van der Waals surface area contributed by atoms with Crippen LogP contribution in [0.1, 0.15) is 10.5 Å². The number of aromatic nitrogens is 4. The summed E-state index contributed by atoms with van der Waals surface area (Å²) < 4.78 is 11.7. The maximum absolute atomic E-state index is 11.2. The monoisotopic (exact) mass is 283 g/mol. The Morgan fingerprint density at radius 3 is 2.95 bits per heavy atom. The van der Waals surface area contributed by atoms with Gasteiger partial charge in [-0.2, -0.15) is 14.6 Å². The van der Waals surface area contributed by atoms with E-state index in [1.807, 2.05) is 0 Å². The van der Waals surface area contributed by atoms with Crippen molar-refractivity contribution in [2.75, 3.05) is 6.79 Å². The average Bonchev–Trinajstić information content (AvgIpc) is 3.13. The lowest BCUT2D eigenvalue weighted by Gasteiger charge is -2.08. The molecule has 8 nitrogen and oxygen atoms in total. The van der Waals surface area contributed by atoms with E-state index in [4.69, 9.17) is 9.47 Å². The lowest BCUT2D eigenvalue weighted by atomic mass is 10.1. The van der Waals surface area contributed by atoms with Crippen molar-refractivity contribution in [1.82, 2.24) is 19.6 Å². The first-order valence-electron chi connectivity index (χ1n) is 6.04. The second-order valence-corrected chi connectivity index (χ2v) is 4.35. The minimum absolute atomic E-state index is 0.120. The van der Waals surface area contributed by atoms with Crippen LogP contribution >= 0.6 is 0 Å². The van der Waals surface area contributed by atoms with Gasteiger partial charge in [-0.05, 0) is 24.3 Å². The molecule has 1 aromatic carbocycles. The Bertz CT molecular complexity index is 874. The van der Waals surface area contributed by atoms with Gasteiger partial charge in [0.25, 0.3) is 5.78 Å². The molecule has 4 rings (SSSR count). The molecule has 0 spiro atoms. The number of ether oxygens (including phenoxy) is 2. The fourth-order valence-electron chi connectivity index (χ4n) is 2.16. The van der Waals surface area contributed by atoms with Crippen LogP contribution in [0.2, 0.25) is 0 Å². The molecule has 0 saturated carbocycles. The lowest BCUT2D eigenvalue weighted by molar-refractivity contribution is -0.255. The number of aromatic carboxylic acids is 1. The summed E-state index contributed by atoms with van der Waals surface area (Å²) in [6, 6.07) is 6.62. The predicted molar refractivity (Wildman–Crippen MR) is 66.7 cm³/mol. The van der Waals surface area contributed by atoms with Crippen LogP contribution in [-0.2, 0) is 0 Å². The van der Waals surface area contributed by atoms with Crippen molar-refractivity contribution in [3.8, 4) is 22.8 Å². The lowest BCUT2D eigenvalue weighted by Crippen LogP contribution is -2.25. The zero-order valence-corrected chi connectivity index (χ0v) is 10.5. The maximum atomic E-state index is 11.2. The Labute approximate surface area is 117 Å². The molecule has 0 N–H and O–H groups in total. The summed E-state index contributed by atoms with van der Waals surface area (Å²) in [5, 5.41) is 15.0. The molecule has 3 heterocycles. The molecule has 0 aliphatic carbocycles. The third-order valence-corrected chi connectivity index (χ3v) is 3.13. The van der Waals surface area contributed by atoms with Gasteiger partial charge in [0.15, 0.2) is 11.5 Å². The topological polar surface area (TPSA) is 102 Å². The molecular formula is C13H7N4O4-. The van der Waals surface area contributed by atoms with Gasteiger partial charge in [0.1, 0.15) is 6.33 Å². The standard InChI is InChI=1S/C13H8N4O4/c18-12(19)9-4-8(16-13-14-5-15-17(9)13)7-1-2-10-11(3-7)21-6-20-10/h1-5H,6H2,(H,18,19)/p-1. The van der Waals surface area contributed by atoms with E-state index < -0.39 is 5.97 Å². The highest BCUT2D eigenvalue weighted by Crippen LogP contribution is 2.35. The molecular weight excluding hydrogens is 276 g/mol. The summed E-state index contributed by atoms with van der Waals surface area (Å²) in [5.41, 5.74) is 1.01. The van der Waals surface area contributed by atoms with Crippen LogP contribution in [0.15, 0.2) is 30.6 Å². The molecule has 0 radical (unpaired) electrons. The first-order valence-corrected chi connectivity index (χ1v) is 6.04. The molecule has 0 amide bonds. The summed E-state index contributed by atoms with van der Waals surface area (Å²) in [6.07, 6.45) is 1.23. The van der Waals surface area contributed by atoms with E-state index in [2.05, 4.69) is 15.1 Å². The molecule has 21 heavy (non-hydrogen) atoms. The van der Waals surface area contributed by atoms with E-state index in [1.54, 1.807) is 18.2 Å². The number of hydrogen-bond donors (Lipinski definition) is 0. The SMILES string of the molecule is O=C([O-])c1cc(-c2ccc3c(c2)OCO3)nc2ncnn12. The summed E-state index contributed by atoms with van der Waals surface area (Å²) in [7, 11) is 0. The highest BCUT2D eigenvalue weighted by molar-refractivity contribution is 5.86. The van der Waals surface area contributed by atoms with Crippen LogP contribution in [0.4, 0.5) is 0 Å². The minimum atomic E-state index is -1.35. The van der Waals surface area contributed by atoms with Gasteiger partial charge in [-0.15, -0.1) is 0 Å². The van der Waals surface area contributed by atoms with Crippen molar-refractivity contribution in [3.05, 3.63) is 36.3 Å². The normalized spacial score (nSPS) is 12.8. The van der Waals surface area contributed by atoms with Gasteiger partial charge in [-0.3, -0.25) is 0 Å². The zero-order valence-electron chi connectivity index (χ0n) is 10.5. The number of rotatable bonds is 2. The van der Waals surface area contributed by atoms with Gasteiger partial charge >= 0.3 is 0 Å². The van der Waals surface area contributed by atoms with E-state index >= 15 is 0 Å². The van der Waals surface area contributed by atoms with Crippen LogP contribution in [0.5, 0.6) is 11.5 Å². The first-order chi connectivity index (χ1) is 10.2. The van der Waals surface area contributed by atoms with Crippen LogP contribution in [0.3, 0.4) is 0 Å².